The molecule has 1 aromatic heterocycles. The molecule has 0 spiro atoms. The number of carbonyl (C=O) groups excluding carboxylic acids is 1. The summed E-state index contributed by atoms with van der Waals surface area (Å²) in [4.78, 5) is 13.3. The Hall–Kier alpha value is -2.05. The number of nitrogens with zero attached hydrogens (tertiary/aromatic N) is 2. The number of nitrogens with one attached hydrogen (secondary N) is 2. The topological polar surface area (TPSA) is 59.0 Å². The highest BCUT2D eigenvalue weighted by Gasteiger charge is 2.47. The Balaban J connectivity index is 1.19. The first-order valence-electron chi connectivity index (χ1n) is 13.2. The second-order valence-corrected chi connectivity index (χ2v) is 12.3. The van der Waals surface area contributed by atoms with Crippen molar-refractivity contribution in [2.75, 3.05) is 13.1 Å². The fourth-order valence-electron chi connectivity index (χ4n) is 7.24. The predicted octanol–water partition coefficient (Wildman–Crippen LogP) is 6.95. The van der Waals surface area contributed by atoms with E-state index in [9.17, 15) is 4.79 Å². The average molecular weight is 558 g/mol. The van der Waals surface area contributed by atoms with Gasteiger partial charge in [-0.2, -0.15) is 5.10 Å². The maximum Gasteiger partial charge on any atom is 0.272 e. The van der Waals surface area contributed by atoms with E-state index >= 15 is 0 Å². The van der Waals surface area contributed by atoms with Crippen LogP contribution in [-0.4, -0.2) is 34.8 Å². The zero-order valence-corrected chi connectivity index (χ0v) is 23.1. The highest BCUT2D eigenvalue weighted by molar-refractivity contribution is 6.36. The summed E-state index contributed by atoms with van der Waals surface area (Å²) >= 11 is 18.8. The SMILES string of the molecule is Cc1c(C(=O)NCCNC2C3CC4CC(C3)CC2C4)nn(-c2ccc(Cl)cc2)c1-c1ccc(Cl)cc1Cl. The number of rotatable bonds is 7. The summed E-state index contributed by atoms with van der Waals surface area (Å²) in [6, 6.07) is 13.3. The standard InChI is InChI=1S/C29H31Cl3N4O/c1-16-26(29(37)34-9-8-33-27-19-11-17-10-18(13-19)14-20(27)12-17)35-36(23-5-2-21(30)3-6-23)28(16)24-7-4-22(31)15-25(24)32/h2-7,15,17-20,27,33H,8-14H2,1H3,(H,34,37). The fraction of sp³-hybridized carbons (Fsp3) is 0.448. The molecule has 37 heavy (non-hydrogen) atoms. The number of hydrogen-bond acceptors (Lipinski definition) is 3. The van der Waals surface area contributed by atoms with Gasteiger partial charge in [0, 0.05) is 40.3 Å². The van der Waals surface area contributed by atoms with Crippen molar-refractivity contribution in [3.63, 3.8) is 0 Å². The second kappa shape index (κ2) is 10.3. The second-order valence-electron chi connectivity index (χ2n) is 11.0. The quantitative estimate of drug-likeness (QED) is 0.309. The average Bonchev–Trinajstić information content (AvgIpc) is 3.20. The molecule has 0 unspecified atom stereocenters. The maximum absolute atomic E-state index is 13.3. The Labute approximate surface area is 232 Å². The van der Waals surface area contributed by atoms with E-state index in [2.05, 4.69) is 10.6 Å². The highest BCUT2D eigenvalue weighted by atomic mass is 35.5. The molecule has 4 aliphatic carbocycles. The van der Waals surface area contributed by atoms with E-state index in [1.54, 1.807) is 28.9 Å². The van der Waals surface area contributed by atoms with Gasteiger partial charge in [0.05, 0.1) is 16.4 Å². The van der Waals surface area contributed by atoms with Gasteiger partial charge in [-0.15, -0.1) is 0 Å². The van der Waals surface area contributed by atoms with Crippen molar-refractivity contribution in [2.24, 2.45) is 23.7 Å². The van der Waals surface area contributed by atoms with E-state index in [1.807, 2.05) is 25.1 Å². The summed E-state index contributed by atoms with van der Waals surface area (Å²) in [6.07, 6.45) is 6.99. The summed E-state index contributed by atoms with van der Waals surface area (Å²) in [5.41, 5.74) is 3.43. The van der Waals surface area contributed by atoms with E-state index in [-0.39, 0.29) is 5.91 Å². The molecule has 4 fully saturated rings. The molecule has 2 N–H and O–H groups in total. The van der Waals surface area contributed by atoms with E-state index < -0.39 is 0 Å². The van der Waals surface area contributed by atoms with Crippen LogP contribution in [0.2, 0.25) is 15.1 Å². The lowest BCUT2D eigenvalue weighted by Crippen LogP contribution is -2.55. The molecule has 5 nitrogen and oxygen atoms in total. The van der Waals surface area contributed by atoms with E-state index in [1.165, 1.54) is 32.1 Å². The molecule has 2 aromatic carbocycles. The Morgan fingerprint density at radius 3 is 2.22 bits per heavy atom. The Morgan fingerprint density at radius 1 is 0.919 bits per heavy atom. The molecule has 0 aliphatic heterocycles. The molecule has 0 saturated heterocycles. The first-order chi connectivity index (χ1) is 17.9. The molecule has 4 bridgehead atoms. The van der Waals surface area contributed by atoms with Crippen LogP contribution in [0.4, 0.5) is 0 Å². The van der Waals surface area contributed by atoms with Crippen LogP contribution in [0.15, 0.2) is 42.5 Å². The lowest BCUT2D eigenvalue weighted by Gasteiger charge is -2.54. The lowest BCUT2D eigenvalue weighted by molar-refractivity contribution is -0.0133. The van der Waals surface area contributed by atoms with Crippen molar-refractivity contribution in [1.29, 1.82) is 0 Å². The first kappa shape index (κ1) is 25.2. The van der Waals surface area contributed by atoms with Gasteiger partial charge in [0.15, 0.2) is 5.69 Å². The van der Waals surface area contributed by atoms with Gasteiger partial charge in [-0.3, -0.25) is 4.79 Å². The maximum atomic E-state index is 13.3. The molecular weight excluding hydrogens is 527 g/mol. The van der Waals surface area contributed by atoms with Gasteiger partial charge < -0.3 is 10.6 Å². The van der Waals surface area contributed by atoms with Crippen LogP contribution < -0.4 is 10.6 Å². The van der Waals surface area contributed by atoms with Crippen LogP contribution in [0.25, 0.3) is 16.9 Å². The Kier molecular flexibility index (Phi) is 7.00. The lowest BCUT2D eigenvalue weighted by atomic mass is 9.54. The highest BCUT2D eigenvalue weighted by Crippen LogP contribution is 2.53. The minimum Gasteiger partial charge on any atom is -0.349 e. The number of hydrogen-bond donors (Lipinski definition) is 2. The molecule has 0 radical (unpaired) electrons. The smallest absolute Gasteiger partial charge is 0.272 e. The third-order valence-electron chi connectivity index (χ3n) is 8.61. The van der Waals surface area contributed by atoms with Crippen LogP contribution in [0.3, 0.4) is 0 Å². The zero-order valence-electron chi connectivity index (χ0n) is 20.8. The van der Waals surface area contributed by atoms with Crippen LogP contribution in [0.1, 0.15) is 48.2 Å². The van der Waals surface area contributed by atoms with Crippen molar-refractivity contribution in [2.45, 2.75) is 45.1 Å². The molecule has 194 valence electrons. The van der Waals surface area contributed by atoms with E-state index in [4.69, 9.17) is 39.9 Å². The molecule has 8 heteroatoms. The number of halogens is 3. The van der Waals surface area contributed by atoms with Crippen LogP contribution in [-0.2, 0) is 0 Å². The monoisotopic (exact) mass is 556 g/mol. The van der Waals surface area contributed by atoms with Crippen molar-refractivity contribution >= 4 is 40.7 Å². The molecule has 1 heterocycles. The Morgan fingerprint density at radius 2 is 1.57 bits per heavy atom. The molecule has 4 saturated carbocycles. The van der Waals surface area contributed by atoms with Gasteiger partial charge in [-0.25, -0.2) is 4.68 Å². The molecular formula is C29H31Cl3N4O. The molecule has 4 aliphatic rings. The third-order valence-corrected chi connectivity index (χ3v) is 9.41. The van der Waals surface area contributed by atoms with Gasteiger partial charge in [-0.05, 0) is 105 Å². The van der Waals surface area contributed by atoms with Gasteiger partial charge in [0.2, 0.25) is 0 Å². The van der Waals surface area contributed by atoms with Gasteiger partial charge in [0.25, 0.3) is 5.91 Å². The molecule has 7 rings (SSSR count). The zero-order chi connectivity index (χ0) is 25.7. The summed E-state index contributed by atoms with van der Waals surface area (Å²) in [5, 5.41) is 13.3. The van der Waals surface area contributed by atoms with Crippen molar-refractivity contribution in [3.8, 4) is 16.9 Å². The summed E-state index contributed by atoms with van der Waals surface area (Å²) in [5.74, 6) is 3.36. The summed E-state index contributed by atoms with van der Waals surface area (Å²) in [7, 11) is 0. The Bertz CT molecular complexity index is 1290. The summed E-state index contributed by atoms with van der Waals surface area (Å²) < 4.78 is 1.75. The van der Waals surface area contributed by atoms with Crippen molar-refractivity contribution < 1.29 is 4.79 Å². The normalized spacial score (nSPS) is 26.0. The molecule has 0 atom stereocenters. The summed E-state index contributed by atoms with van der Waals surface area (Å²) in [6.45, 7) is 3.23. The number of amides is 1. The number of aromatic nitrogens is 2. The minimum absolute atomic E-state index is 0.191. The van der Waals surface area contributed by atoms with Gasteiger partial charge in [-0.1, -0.05) is 34.8 Å². The van der Waals surface area contributed by atoms with Gasteiger partial charge >= 0.3 is 0 Å². The number of benzene rings is 2. The van der Waals surface area contributed by atoms with Crippen LogP contribution >= 0.6 is 34.8 Å². The van der Waals surface area contributed by atoms with E-state index in [0.717, 1.165) is 52.7 Å². The van der Waals surface area contributed by atoms with E-state index in [0.29, 0.717) is 33.3 Å². The molecule has 3 aromatic rings. The van der Waals surface area contributed by atoms with Crippen molar-refractivity contribution in [1.82, 2.24) is 20.4 Å². The van der Waals surface area contributed by atoms with Gasteiger partial charge in [0.1, 0.15) is 0 Å². The third kappa shape index (κ3) is 4.92. The predicted molar refractivity (Wildman–Crippen MR) is 150 cm³/mol. The molecule has 1 amide bonds. The largest absolute Gasteiger partial charge is 0.349 e. The van der Waals surface area contributed by atoms with Crippen LogP contribution in [0, 0.1) is 30.6 Å². The first-order valence-corrected chi connectivity index (χ1v) is 14.3. The van der Waals surface area contributed by atoms with Crippen molar-refractivity contribution in [3.05, 3.63) is 68.8 Å². The number of carbonyl (C=O) groups is 1. The van der Waals surface area contributed by atoms with Crippen LogP contribution in [0.5, 0.6) is 0 Å². The minimum atomic E-state index is -0.191. The fourth-order valence-corrected chi connectivity index (χ4v) is 7.86.